The smallest absolute Gasteiger partial charge is 0.135 e. The quantitative estimate of drug-likeness (QED) is 0.163. The van der Waals surface area contributed by atoms with E-state index in [4.69, 9.17) is 15.4 Å². The fourth-order valence-corrected chi connectivity index (χ4v) is 5.30. The maximum atomic E-state index is 8.39. The van der Waals surface area contributed by atoms with Gasteiger partial charge in [0, 0.05) is 54.4 Å². The molecule has 7 aromatic rings. The molecule has 0 aliphatic rings. The van der Waals surface area contributed by atoms with E-state index in [1.165, 1.54) is 18.3 Å². The minimum Gasteiger partial charge on any atom is -0.457 e. The summed E-state index contributed by atoms with van der Waals surface area (Å²) in [5.74, 6) is 0.483. The molecule has 0 saturated heterocycles. The zero-order valence-electron chi connectivity index (χ0n) is 35.2. The Morgan fingerprint density at radius 3 is 2.29 bits per heavy atom. The normalized spacial score (nSPS) is 14.3. The third-order valence-electron chi connectivity index (χ3n) is 7.56. The van der Waals surface area contributed by atoms with Crippen molar-refractivity contribution < 1.29 is 35.5 Å². The van der Waals surface area contributed by atoms with Crippen LogP contribution in [0.5, 0.6) is 0 Å². The summed E-state index contributed by atoms with van der Waals surface area (Å²) >= 11 is 0. The first-order valence-corrected chi connectivity index (χ1v) is 15.4. The van der Waals surface area contributed by atoms with Crippen molar-refractivity contribution in [1.29, 1.82) is 0 Å². The van der Waals surface area contributed by atoms with Crippen molar-refractivity contribution in [2.75, 3.05) is 0 Å². The number of benzene rings is 4. The Kier molecular flexibility index (Phi) is 7.97. The van der Waals surface area contributed by atoms with Crippen molar-refractivity contribution in [3.63, 3.8) is 0 Å². The number of hydrogen-bond donors (Lipinski definition) is 0. The molecule has 243 valence electrons. The van der Waals surface area contributed by atoms with Crippen LogP contribution < -0.4 is 0 Å². The predicted molar refractivity (Wildman–Crippen MR) is 195 cm³/mol. The van der Waals surface area contributed by atoms with Gasteiger partial charge in [-0.05, 0) is 71.3 Å². The molecule has 0 aliphatic carbocycles. The van der Waals surface area contributed by atoms with Gasteiger partial charge in [0.25, 0.3) is 0 Å². The van der Waals surface area contributed by atoms with Crippen molar-refractivity contribution >= 4 is 11.0 Å². The Labute approximate surface area is 309 Å². The van der Waals surface area contributed by atoms with Crippen molar-refractivity contribution in [2.45, 2.75) is 47.8 Å². The second-order valence-corrected chi connectivity index (χ2v) is 12.3. The largest absolute Gasteiger partial charge is 0.457 e. The molecule has 0 amide bonds. The van der Waals surface area contributed by atoms with Gasteiger partial charge in [-0.2, -0.15) is 0 Å². The van der Waals surface area contributed by atoms with E-state index in [1.807, 2.05) is 113 Å². The number of aryl methyl sites for hydroxylation is 3. The first-order valence-electron chi connectivity index (χ1n) is 19.4. The summed E-state index contributed by atoms with van der Waals surface area (Å²) in [6.45, 7) is 3.07. The van der Waals surface area contributed by atoms with Gasteiger partial charge in [-0.1, -0.05) is 93.9 Å². The van der Waals surface area contributed by atoms with Crippen LogP contribution in [-0.2, 0) is 26.5 Å². The maximum Gasteiger partial charge on any atom is 0.135 e. The summed E-state index contributed by atoms with van der Waals surface area (Å²) in [5.41, 5.74) is 7.48. The molecule has 3 nitrogen and oxygen atoms in total. The van der Waals surface area contributed by atoms with Gasteiger partial charge in [0.1, 0.15) is 11.3 Å². The topological polar surface area (TPSA) is 38.9 Å². The van der Waals surface area contributed by atoms with Gasteiger partial charge in [0.15, 0.2) is 0 Å². The average molecular weight is 813 g/mol. The number of aromatic nitrogens is 2. The van der Waals surface area contributed by atoms with Crippen molar-refractivity contribution in [3.05, 3.63) is 156 Å². The predicted octanol–water partition coefficient (Wildman–Crippen LogP) is 11.7. The van der Waals surface area contributed by atoms with E-state index >= 15 is 0 Å². The van der Waals surface area contributed by atoms with Gasteiger partial charge in [0.05, 0.1) is 0 Å². The van der Waals surface area contributed by atoms with Crippen molar-refractivity contribution in [3.8, 4) is 45.0 Å². The number of fused-ring (bicyclic) bond motifs is 1. The molecule has 1 radical (unpaired) electrons. The second kappa shape index (κ2) is 15.1. The number of para-hydroxylation sites is 1. The molecule has 0 spiro atoms. The maximum absolute atomic E-state index is 8.39. The molecular weight excluding hydrogens is 765 g/mol. The zero-order chi connectivity index (χ0) is 39.8. The van der Waals surface area contributed by atoms with Crippen LogP contribution in [0.4, 0.5) is 0 Å². The fourth-order valence-electron chi connectivity index (χ4n) is 5.30. The molecule has 4 heteroatoms. The van der Waals surface area contributed by atoms with E-state index in [-0.39, 0.29) is 31.2 Å². The zero-order valence-corrected chi connectivity index (χ0v) is 29.6. The van der Waals surface area contributed by atoms with E-state index in [9.17, 15) is 0 Å². The summed E-state index contributed by atoms with van der Waals surface area (Å²) in [6.07, 6.45) is 1.72. The van der Waals surface area contributed by atoms with E-state index in [1.54, 1.807) is 18.3 Å². The number of hydrogen-bond acceptors (Lipinski definition) is 3. The van der Waals surface area contributed by atoms with Gasteiger partial charge < -0.3 is 14.4 Å². The van der Waals surface area contributed by atoms with Gasteiger partial charge in [-0.3, -0.25) is 0 Å². The Morgan fingerprint density at radius 1 is 0.792 bits per heavy atom. The van der Waals surface area contributed by atoms with Crippen LogP contribution in [0, 0.1) is 38.2 Å². The van der Waals surface area contributed by atoms with Crippen LogP contribution in [0.3, 0.4) is 0 Å². The summed E-state index contributed by atoms with van der Waals surface area (Å²) in [4.78, 5) is 8.68. The number of nitrogens with zero attached hydrogens (tertiary/aromatic N) is 2. The third-order valence-corrected chi connectivity index (χ3v) is 7.56. The van der Waals surface area contributed by atoms with Crippen LogP contribution in [0.1, 0.15) is 54.0 Å². The minimum absolute atomic E-state index is 0. The van der Waals surface area contributed by atoms with Crippen LogP contribution in [0.2, 0.25) is 0 Å². The molecule has 3 heterocycles. The molecule has 0 N–H and O–H groups in total. The average Bonchev–Trinajstić information content (AvgIpc) is 3.50. The Morgan fingerprint density at radius 2 is 1.60 bits per heavy atom. The van der Waals surface area contributed by atoms with Gasteiger partial charge in [-0.25, -0.2) is 0 Å². The molecule has 7 rings (SSSR count). The molecule has 0 unspecified atom stereocenters. The molecule has 0 saturated carbocycles. The Balaban J connectivity index is 0.000000214. The SMILES string of the molecule is [2H]C([2H])([2H])c1ccc(-c2[c-]cc(C([2H])([2H])[2H])c(-c3oc4ccccc4c3C)c2)nc1.[2H]C([2H])(c1ccc(-c2ccnc(-c3[c-]cccc3)c2)cc1)C(C)(C)C.[Ir]. The molecule has 4 aromatic carbocycles. The monoisotopic (exact) mass is 813 g/mol. The van der Waals surface area contributed by atoms with Crippen LogP contribution in [0.15, 0.2) is 126 Å². The molecular formula is C44H40IrN2O-2. The Bertz CT molecular complexity index is 2410. The van der Waals surface area contributed by atoms with Crippen LogP contribution >= 0.6 is 0 Å². The van der Waals surface area contributed by atoms with Crippen molar-refractivity contribution in [1.82, 2.24) is 9.97 Å². The van der Waals surface area contributed by atoms with E-state index < -0.39 is 25.5 Å². The van der Waals surface area contributed by atoms with E-state index in [0.717, 1.165) is 33.3 Å². The van der Waals surface area contributed by atoms with E-state index in [2.05, 4.69) is 22.1 Å². The molecule has 0 aliphatic heterocycles. The number of furan rings is 1. The van der Waals surface area contributed by atoms with Gasteiger partial charge in [-0.15, -0.1) is 65.2 Å². The van der Waals surface area contributed by atoms with Crippen LogP contribution in [0.25, 0.3) is 55.9 Å². The molecule has 0 atom stereocenters. The number of rotatable bonds is 5. The minimum atomic E-state index is -2.35. The summed E-state index contributed by atoms with van der Waals surface area (Å²) in [5, 5.41) is 0.915. The van der Waals surface area contributed by atoms with E-state index in [0.29, 0.717) is 33.7 Å². The Hall–Kier alpha value is -4.63. The van der Waals surface area contributed by atoms with Crippen LogP contribution in [-0.4, -0.2) is 9.97 Å². The molecule has 0 fully saturated rings. The first-order chi connectivity index (χ1) is 25.8. The van der Waals surface area contributed by atoms with Gasteiger partial charge >= 0.3 is 0 Å². The fraction of sp³-hybridized carbons (Fsp3) is 0.182. The summed E-state index contributed by atoms with van der Waals surface area (Å²) in [7, 11) is 0. The standard InChI is InChI=1S/C22H18NO.C22H22N.Ir/c1-14-8-11-20(23-13-14)17-10-9-15(2)19(12-17)22-16(3)18-6-4-5-7-21(18)24-22;1-22(2,3)16-17-9-11-18(12-10-17)20-13-14-23-21(15-20)19-7-5-4-6-8-19;/h4-9,11-13H,1-3H3;4-7,9-15H,16H2,1-3H3;/q2*-1;/i1D3,2D3;16D2;. The molecule has 0 bridgehead atoms. The molecule has 48 heavy (non-hydrogen) atoms. The summed E-state index contributed by atoms with van der Waals surface area (Å²) in [6, 6.07) is 39.4. The third kappa shape index (κ3) is 8.26. The van der Waals surface area contributed by atoms with Crippen molar-refractivity contribution in [2.24, 2.45) is 5.41 Å². The summed E-state index contributed by atoms with van der Waals surface area (Å²) < 4.78 is 69.0. The number of pyridine rings is 2. The second-order valence-electron chi connectivity index (χ2n) is 12.3. The first kappa shape index (κ1) is 25.4. The van der Waals surface area contributed by atoms with Gasteiger partial charge in [0.2, 0.25) is 0 Å². The molecule has 3 aromatic heterocycles.